The highest BCUT2D eigenvalue weighted by molar-refractivity contribution is 5.78. The molecule has 158 valence electrons. The number of hydrogen-bond acceptors (Lipinski definition) is 4. The second kappa shape index (κ2) is 9.13. The van der Waals surface area contributed by atoms with E-state index in [1.54, 1.807) is 12.1 Å². The molecule has 1 fully saturated rings. The first-order valence-corrected chi connectivity index (χ1v) is 10.2. The van der Waals surface area contributed by atoms with Crippen molar-refractivity contribution in [2.75, 3.05) is 32.8 Å². The minimum Gasteiger partial charge on any atom is -0.492 e. The summed E-state index contributed by atoms with van der Waals surface area (Å²) in [7, 11) is 0. The van der Waals surface area contributed by atoms with E-state index < -0.39 is 0 Å². The lowest BCUT2D eigenvalue weighted by molar-refractivity contribution is -0.122. The van der Waals surface area contributed by atoms with Crippen molar-refractivity contribution in [3.63, 3.8) is 0 Å². The van der Waals surface area contributed by atoms with Crippen molar-refractivity contribution in [1.82, 2.24) is 19.8 Å². The van der Waals surface area contributed by atoms with E-state index in [1.807, 2.05) is 28.8 Å². The molecule has 1 aliphatic heterocycles. The van der Waals surface area contributed by atoms with E-state index in [0.717, 1.165) is 37.0 Å². The monoisotopic (exact) mass is 412 g/mol. The normalized spacial score (nSPS) is 15.4. The average Bonchev–Trinajstić information content (AvgIpc) is 3.09. The number of H-pyrrole nitrogens is 1. The van der Waals surface area contributed by atoms with Crippen molar-refractivity contribution in [2.45, 2.75) is 18.9 Å². The van der Waals surface area contributed by atoms with Gasteiger partial charge in [-0.1, -0.05) is 12.1 Å². The van der Waals surface area contributed by atoms with E-state index in [2.05, 4.69) is 15.2 Å². The molecule has 0 spiro atoms. The molecule has 0 radical (unpaired) electrons. The first kappa shape index (κ1) is 20.2. The number of fused-ring (bicyclic) bond motifs is 1. The van der Waals surface area contributed by atoms with E-state index in [-0.39, 0.29) is 23.5 Å². The fourth-order valence-electron chi connectivity index (χ4n) is 3.92. The van der Waals surface area contributed by atoms with Gasteiger partial charge in [0.2, 0.25) is 5.91 Å². The van der Waals surface area contributed by atoms with Gasteiger partial charge in [-0.2, -0.15) is 0 Å². The average molecular weight is 412 g/mol. The highest BCUT2D eigenvalue weighted by atomic mass is 19.1. The van der Waals surface area contributed by atoms with Crippen LogP contribution < -0.4 is 15.7 Å². The number of ether oxygens (including phenoxy) is 1. The zero-order chi connectivity index (χ0) is 20.9. The molecular weight excluding hydrogens is 387 g/mol. The number of hydrogen-bond donors (Lipinski definition) is 2. The predicted molar refractivity (Wildman–Crippen MR) is 112 cm³/mol. The van der Waals surface area contributed by atoms with Gasteiger partial charge in [-0.05, 0) is 49.2 Å². The van der Waals surface area contributed by atoms with Crippen LogP contribution in [0.3, 0.4) is 0 Å². The van der Waals surface area contributed by atoms with Crippen LogP contribution in [0.25, 0.3) is 11.0 Å². The first-order chi connectivity index (χ1) is 14.6. The van der Waals surface area contributed by atoms with Crippen molar-refractivity contribution in [3.8, 4) is 5.75 Å². The van der Waals surface area contributed by atoms with Crippen LogP contribution in [0.5, 0.6) is 5.75 Å². The van der Waals surface area contributed by atoms with Crippen LogP contribution >= 0.6 is 0 Å². The van der Waals surface area contributed by atoms with Crippen molar-refractivity contribution in [2.24, 2.45) is 0 Å². The molecule has 0 atom stereocenters. The number of amides is 1. The molecule has 4 rings (SSSR count). The largest absolute Gasteiger partial charge is 0.492 e. The summed E-state index contributed by atoms with van der Waals surface area (Å²) in [5.74, 6) is 0.203. The summed E-state index contributed by atoms with van der Waals surface area (Å²) >= 11 is 0. The van der Waals surface area contributed by atoms with Crippen LogP contribution in [0.1, 0.15) is 18.9 Å². The molecule has 1 saturated heterocycles. The second-order valence-electron chi connectivity index (χ2n) is 7.48. The van der Waals surface area contributed by atoms with E-state index in [4.69, 9.17) is 4.74 Å². The Bertz CT molecular complexity index is 1050. The third-order valence-corrected chi connectivity index (χ3v) is 5.42. The Morgan fingerprint density at radius 2 is 1.87 bits per heavy atom. The molecule has 1 aromatic heterocycles. The van der Waals surface area contributed by atoms with Gasteiger partial charge in [-0.25, -0.2) is 9.18 Å². The molecule has 1 aliphatic rings. The van der Waals surface area contributed by atoms with Crippen LogP contribution in [0.4, 0.5) is 4.39 Å². The summed E-state index contributed by atoms with van der Waals surface area (Å²) in [5, 5.41) is 2.84. The van der Waals surface area contributed by atoms with E-state index >= 15 is 0 Å². The summed E-state index contributed by atoms with van der Waals surface area (Å²) in [6.45, 7) is 2.55. The number of halogens is 1. The molecule has 0 bridgehead atoms. The number of aromatic nitrogens is 2. The SMILES string of the molecule is O=C(CN1CCC(n2c(=O)[nH]c3ccccc32)CC1)NCCOc1ccc(F)cc1. The lowest BCUT2D eigenvalue weighted by atomic mass is 10.0. The first-order valence-electron chi connectivity index (χ1n) is 10.2. The third kappa shape index (κ3) is 4.71. The summed E-state index contributed by atoms with van der Waals surface area (Å²) in [5.41, 5.74) is 1.71. The van der Waals surface area contributed by atoms with Gasteiger partial charge < -0.3 is 15.0 Å². The molecule has 7 nitrogen and oxygen atoms in total. The predicted octanol–water partition coefficient (Wildman–Crippen LogP) is 2.30. The Labute approximate surface area is 173 Å². The van der Waals surface area contributed by atoms with Crippen LogP contribution in [0.15, 0.2) is 53.3 Å². The standard InChI is InChI=1S/C22H25FN4O3/c23-16-5-7-18(8-6-16)30-14-11-24-21(28)15-26-12-9-17(10-13-26)27-20-4-2-1-3-19(20)25-22(27)29/h1-8,17H,9-15H2,(H,24,28)(H,25,29). The number of piperidine rings is 1. The van der Waals surface area contributed by atoms with Gasteiger partial charge in [0.15, 0.2) is 0 Å². The van der Waals surface area contributed by atoms with Gasteiger partial charge in [0.05, 0.1) is 24.1 Å². The van der Waals surface area contributed by atoms with Gasteiger partial charge in [0.1, 0.15) is 18.2 Å². The molecule has 0 aliphatic carbocycles. The van der Waals surface area contributed by atoms with Crippen LogP contribution in [0, 0.1) is 5.82 Å². The number of para-hydroxylation sites is 2. The number of aromatic amines is 1. The zero-order valence-electron chi connectivity index (χ0n) is 16.6. The number of imidazole rings is 1. The number of carbonyl (C=O) groups excluding carboxylic acids is 1. The van der Waals surface area contributed by atoms with Crippen molar-refractivity contribution < 1.29 is 13.9 Å². The van der Waals surface area contributed by atoms with Crippen LogP contribution in [-0.2, 0) is 4.79 Å². The Hall–Kier alpha value is -3.13. The lowest BCUT2D eigenvalue weighted by Gasteiger charge is -2.32. The van der Waals surface area contributed by atoms with Crippen molar-refractivity contribution >= 4 is 16.9 Å². The number of likely N-dealkylation sites (tertiary alicyclic amines) is 1. The van der Waals surface area contributed by atoms with E-state index in [1.165, 1.54) is 12.1 Å². The molecule has 0 saturated carbocycles. The molecule has 2 N–H and O–H groups in total. The minimum absolute atomic E-state index is 0.0552. The fourth-order valence-corrected chi connectivity index (χ4v) is 3.92. The maximum atomic E-state index is 12.9. The molecule has 8 heteroatoms. The topological polar surface area (TPSA) is 79.4 Å². The molecule has 1 amide bonds. The highest BCUT2D eigenvalue weighted by Crippen LogP contribution is 2.24. The van der Waals surface area contributed by atoms with E-state index in [0.29, 0.717) is 25.4 Å². The quantitative estimate of drug-likeness (QED) is 0.584. The summed E-state index contributed by atoms with van der Waals surface area (Å²) in [4.78, 5) is 29.6. The Kier molecular flexibility index (Phi) is 6.13. The summed E-state index contributed by atoms with van der Waals surface area (Å²) < 4.78 is 20.2. The molecule has 2 aromatic carbocycles. The lowest BCUT2D eigenvalue weighted by Crippen LogP contribution is -2.43. The van der Waals surface area contributed by atoms with Gasteiger partial charge in [0, 0.05) is 19.1 Å². The van der Waals surface area contributed by atoms with Crippen molar-refractivity contribution in [3.05, 3.63) is 64.8 Å². The van der Waals surface area contributed by atoms with E-state index in [9.17, 15) is 14.0 Å². The summed E-state index contributed by atoms with van der Waals surface area (Å²) in [6.07, 6.45) is 1.64. The van der Waals surface area contributed by atoms with Gasteiger partial charge in [-0.3, -0.25) is 14.3 Å². The number of carbonyl (C=O) groups is 1. The molecule has 3 aromatic rings. The third-order valence-electron chi connectivity index (χ3n) is 5.42. The second-order valence-corrected chi connectivity index (χ2v) is 7.48. The smallest absolute Gasteiger partial charge is 0.326 e. The van der Waals surface area contributed by atoms with Crippen molar-refractivity contribution in [1.29, 1.82) is 0 Å². The van der Waals surface area contributed by atoms with Crippen LogP contribution in [0.2, 0.25) is 0 Å². The van der Waals surface area contributed by atoms with Crippen LogP contribution in [-0.4, -0.2) is 53.1 Å². The van der Waals surface area contributed by atoms with Gasteiger partial charge in [-0.15, -0.1) is 0 Å². The Morgan fingerprint density at radius 1 is 1.13 bits per heavy atom. The Balaban J connectivity index is 1.21. The zero-order valence-corrected chi connectivity index (χ0v) is 16.6. The Morgan fingerprint density at radius 3 is 2.63 bits per heavy atom. The molecular formula is C22H25FN4O3. The number of nitrogens with zero attached hydrogens (tertiary/aromatic N) is 2. The maximum absolute atomic E-state index is 12.9. The van der Waals surface area contributed by atoms with Gasteiger partial charge >= 0.3 is 5.69 Å². The molecule has 2 heterocycles. The minimum atomic E-state index is -0.311. The number of benzene rings is 2. The summed E-state index contributed by atoms with van der Waals surface area (Å²) in [6, 6.07) is 13.6. The fraction of sp³-hybridized carbons (Fsp3) is 0.364. The molecule has 30 heavy (non-hydrogen) atoms. The maximum Gasteiger partial charge on any atom is 0.326 e. The van der Waals surface area contributed by atoms with Gasteiger partial charge in [0.25, 0.3) is 0 Å². The number of nitrogens with one attached hydrogen (secondary N) is 2. The highest BCUT2D eigenvalue weighted by Gasteiger charge is 2.24. The number of rotatable bonds is 7. The molecule has 0 unspecified atom stereocenters.